The SMILES string of the molecule is COC1CC2N3CCC2(c2cc4c(cc2C3OC)OCO4)C(Cl)C1O. The molecule has 4 aliphatic rings. The molecule has 6 nitrogen and oxygen atoms in total. The zero-order chi connectivity index (χ0) is 17.3. The summed E-state index contributed by atoms with van der Waals surface area (Å²) in [6, 6.07) is 4.23. The van der Waals surface area contributed by atoms with Crippen LogP contribution < -0.4 is 9.47 Å². The molecule has 7 atom stereocenters. The Labute approximate surface area is 151 Å². The topological polar surface area (TPSA) is 60.4 Å². The number of aliphatic hydroxyl groups is 1. The number of methoxy groups -OCH3 is 2. The van der Waals surface area contributed by atoms with Gasteiger partial charge in [-0.15, -0.1) is 11.6 Å². The molecule has 1 aliphatic carbocycles. The van der Waals surface area contributed by atoms with E-state index in [4.69, 9.17) is 30.5 Å². The van der Waals surface area contributed by atoms with Gasteiger partial charge >= 0.3 is 0 Å². The molecule has 25 heavy (non-hydrogen) atoms. The van der Waals surface area contributed by atoms with Gasteiger partial charge < -0.3 is 24.1 Å². The molecule has 2 bridgehead atoms. The molecule has 1 N–H and O–H groups in total. The molecule has 1 saturated heterocycles. The van der Waals surface area contributed by atoms with Crippen LogP contribution in [0.3, 0.4) is 0 Å². The van der Waals surface area contributed by atoms with Crippen molar-refractivity contribution in [2.24, 2.45) is 0 Å². The smallest absolute Gasteiger partial charge is 0.231 e. The van der Waals surface area contributed by atoms with Gasteiger partial charge in [-0.2, -0.15) is 0 Å². The van der Waals surface area contributed by atoms with Crippen LogP contribution in [-0.4, -0.2) is 61.2 Å². The average molecular weight is 368 g/mol. The lowest BCUT2D eigenvalue weighted by molar-refractivity contribution is -0.113. The number of halogens is 1. The van der Waals surface area contributed by atoms with Gasteiger partial charge in [-0.25, -0.2) is 0 Å². The number of hydrogen-bond acceptors (Lipinski definition) is 6. The van der Waals surface area contributed by atoms with Crippen LogP contribution in [-0.2, 0) is 14.9 Å². The third kappa shape index (κ3) is 1.89. The van der Waals surface area contributed by atoms with E-state index in [1.54, 1.807) is 14.2 Å². The highest BCUT2D eigenvalue weighted by atomic mass is 35.5. The van der Waals surface area contributed by atoms with Gasteiger partial charge in [0.05, 0.1) is 17.6 Å². The summed E-state index contributed by atoms with van der Waals surface area (Å²) in [6.07, 6.45) is 0.483. The summed E-state index contributed by atoms with van der Waals surface area (Å²) in [7, 11) is 3.36. The van der Waals surface area contributed by atoms with Gasteiger partial charge in [0, 0.05) is 37.8 Å². The number of rotatable bonds is 2. The average Bonchev–Trinajstić information content (AvgIpc) is 3.20. The van der Waals surface area contributed by atoms with Crippen LogP contribution in [0.4, 0.5) is 0 Å². The van der Waals surface area contributed by atoms with Gasteiger partial charge in [0.15, 0.2) is 11.5 Å². The lowest BCUT2D eigenvalue weighted by atomic mass is 9.61. The van der Waals surface area contributed by atoms with Gasteiger partial charge in [-0.1, -0.05) is 0 Å². The predicted molar refractivity (Wildman–Crippen MR) is 90.2 cm³/mol. The van der Waals surface area contributed by atoms with Gasteiger partial charge in [0.1, 0.15) is 6.23 Å². The van der Waals surface area contributed by atoms with Crippen LogP contribution in [0.1, 0.15) is 30.2 Å². The van der Waals surface area contributed by atoms with Crippen molar-refractivity contribution in [1.29, 1.82) is 0 Å². The molecule has 136 valence electrons. The number of fused-ring (bicyclic) bond motifs is 2. The van der Waals surface area contributed by atoms with Crippen molar-refractivity contribution in [3.05, 3.63) is 23.3 Å². The van der Waals surface area contributed by atoms with Crippen LogP contribution in [0.15, 0.2) is 12.1 Å². The molecule has 2 fully saturated rings. The van der Waals surface area contributed by atoms with Crippen molar-refractivity contribution in [3.63, 3.8) is 0 Å². The molecule has 0 aromatic heterocycles. The summed E-state index contributed by atoms with van der Waals surface area (Å²) in [4.78, 5) is 2.36. The standard InChI is InChI=1S/C18H22ClNO5/c1-22-13-7-14-18(16(19)15(13)21)3-4-20(14)17(23-2)9-5-11-12(6-10(9)18)25-8-24-11/h5-6,13-17,21H,3-4,7-8H2,1-2H3. The quantitative estimate of drug-likeness (QED) is 0.804. The maximum absolute atomic E-state index is 10.8. The number of aliphatic hydroxyl groups excluding tert-OH is 1. The molecule has 5 rings (SSSR count). The summed E-state index contributed by atoms with van der Waals surface area (Å²) in [5, 5.41) is 10.3. The number of hydrogen-bond donors (Lipinski definition) is 1. The third-order valence-corrected chi connectivity index (χ3v) is 7.19. The second-order valence-electron chi connectivity index (χ2n) is 7.33. The van der Waals surface area contributed by atoms with Crippen molar-refractivity contribution < 1.29 is 24.1 Å². The molecule has 0 spiro atoms. The normalized spacial score (nSPS) is 43.7. The molecule has 3 aliphatic heterocycles. The Morgan fingerprint density at radius 1 is 1.24 bits per heavy atom. The second-order valence-corrected chi connectivity index (χ2v) is 7.80. The van der Waals surface area contributed by atoms with Crippen LogP contribution in [0.25, 0.3) is 0 Å². The fraction of sp³-hybridized carbons (Fsp3) is 0.667. The lowest BCUT2D eigenvalue weighted by Gasteiger charge is -2.54. The zero-order valence-corrected chi connectivity index (χ0v) is 15.0. The molecule has 7 unspecified atom stereocenters. The highest BCUT2D eigenvalue weighted by Crippen LogP contribution is 2.60. The minimum Gasteiger partial charge on any atom is -0.454 e. The largest absolute Gasteiger partial charge is 0.454 e. The van der Waals surface area contributed by atoms with E-state index in [9.17, 15) is 5.11 Å². The molecule has 1 saturated carbocycles. The number of nitrogens with zero attached hydrogens (tertiary/aromatic N) is 1. The molecule has 3 heterocycles. The van der Waals surface area contributed by atoms with E-state index in [2.05, 4.69) is 11.0 Å². The maximum Gasteiger partial charge on any atom is 0.231 e. The second kappa shape index (κ2) is 5.47. The number of benzene rings is 1. The van der Waals surface area contributed by atoms with E-state index >= 15 is 0 Å². The molecular formula is C18H22ClNO5. The van der Waals surface area contributed by atoms with Crippen LogP contribution >= 0.6 is 11.6 Å². The van der Waals surface area contributed by atoms with Crippen molar-refractivity contribution in [2.45, 2.75) is 48.1 Å². The maximum atomic E-state index is 10.8. The minimum absolute atomic E-state index is 0.151. The summed E-state index contributed by atoms with van der Waals surface area (Å²) in [5.41, 5.74) is 1.85. The molecule has 1 aromatic rings. The molecule has 0 radical (unpaired) electrons. The van der Waals surface area contributed by atoms with Gasteiger partial charge in [-0.3, -0.25) is 4.90 Å². The fourth-order valence-electron chi connectivity index (χ4n) is 5.44. The first-order valence-corrected chi connectivity index (χ1v) is 9.13. The fourth-order valence-corrected chi connectivity index (χ4v) is 5.97. The lowest BCUT2D eigenvalue weighted by Crippen LogP contribution is -2.63. The number of ether oxygens (including phenoxy) is 4. The van der Waals surface area contributed by atoms with Gasteiger partial charge in [0.25, 0.3) is 0 Å². The minimum atomic E-state index is -0.708. The number of alkyl halides is 1. The van der Waals surface area contributed by atoms with Crippen molar-refractivity contribution >= 4 is 11.6 Å². The highest BCUT2D eigenvalue weighted by Gasteiger charge is 2.64. The van der Waals surface area contributed by atoms with Crippen LogP contribution in [0.5, 0.6) is 11.5 Å². The van der Waals surface area contributed by atoms with E-state index in [1.165, 1.54) is 0 Å². The Bertz CT molecular complexity index is 715. The van der Waals surface area contributed by atoms with E-state index < -0.39 is 11.5 Å². The van der Waals surface area contributed by atoms with Gasteiger partial charge in [0.2, 0.25) is 6.79 Å². The Morgan fingerprint density at radius 2 is 2.00 bits per heavy atom. The van der Waals surface area contributed by atoms with Crippen molar-refractivity contribution in [1.82, 2.24) is 4.90 Å². The van der Waals surface area contributed by atoms with Crippen molar-refractivity contribution in [2.75, 3.05) is 27.6 Å². The Hall–Kier alpha value is -1.05. The Morgan fingerprint density at radius 3 is 2.72 bits per heavy atom. The van der Waals surface area contributed by atoms with E-state index in [0.717, 1.165) is 42.0 Å². The molecular weight excluding hydrogens is 346 g/mol. The first-order valence-electron chi connectivity index (χ1n) is 8.69. The molecule has 0 amide bonds. The predicted octanol–water partition coefficient (Wildman–Crippen LogP) is 1.77. The molecule has 1 aromatic carbocycles. The van der Waals surface area contributed by atoms with Crippen LogP contribution in [0, 0.1) is 0 Å². The Balaban J connectivity index is 1.72. The first kappa shape index (κ1) is 16.1. The molecule has 7 heteroatoms. The monoisotopic (exact) mass is 367 g/mol. The van der Waals surface area contributed by atoms with Crippen molar-refractivity contribution in [3.8, 4) is 11.5 Å². The third-order valence-electron chi connectivity index (χ3n) is 6.55. The first-order chi connectivity index (χ1) is 12.1. The van der Waals surface area contributed by atoms with Crippen LogP contribution in [0.2, 0.25) is 0 Å². The van der Waals surface area contributed by atoms with Gasteiger partial charge in [-0.05, 0) is 30.5 Å². The summed E-state index contributed by atoms with van der Waals surface area (Å²) < 4.78 is 22.6. The van der Waals surface area contributed by atoms with E-state index in [1.807, 2.05) is 6.07 Å². The Kier molecular flexibility index (Phi) is 3.53. The van der Waals surface area contributed by atoms with E-state index in [0.29, 0.717) is 0 Å². The van der Waals surface area contributed by atoms with E-state index in [-0.39, 0.29) is 30.6 Å². The summed E-state index contributed by atoms with van der Waals surface area (Å²) in [6.45, 7) is 1.10. The summed E-state index contributed by atoms with van der Waals surface area (Å²) in [5.74, 6) is 1.49. The zero-order valence-electron chi connectivity index (χ0n) is 14.3. The highest BCUT2D eigenvalue weighted by molar-refractivity contribution is 6.22. The summed E-state index contributed by atoms with van der Waals surface area (Å²) >= 11 is 6.90.